The summed E-state index contributed by atoms with van der Waals surface area (Å²) >= 11 is 5.81. The average molecular weight is 375 g/mol. The zero-order valence-corrected chi connectivity index (χ0v) is 15.4. The summed E-state index contributed by atoms with van der Waals surface area (Å²) in [6.07, 6.45) is 0. The van der Waals surface area contributed by atoms with Gasteiger partial charge in [-0.25, -0.2) is 13.1 Å². The van der Waals surface area contributed by atoms with Crippen LogP contribution in [0.4, 0.5) is 0 Å². The monoisotopic (exact) mass is 374 g/mol. The summed E-state index contributed by atoms with van der Waals surface area (Å²) in [6, 6.07) is 5.84. The summed E-state index contributed by atoms with van der Waals surface area (Å²) in [6.45, 7) is 5.59. The molecular weight excluding hydrogens is 352 g/mol. The molecule has 0 bridgehead atoms. The van der Waals surface area contributed by atoms with Crippen molar-refractivity contribution in [2.45, 2.75) is 25.6 Å². The van der Waals surface area contributed by atoms with E-state index in [9.17, 15) is 13.2 Å². The Labute approximate surface area is 148 Å². The van der Waals surface area contributed by atoms with E-state index < -0.39 is 16.1 Å². The lowest BCUT2D eigenvalue weighted by atomic mass is 10.0. The summed E-state index contributed by atoms with van der Waals surface area (Å²) < 4.78 is 32.7. The van der Waals surface area contributed by atoms with Crippen LogP contribution in [0.3, 0.4) is 0 Å². The highest BCUT2D eigenvalue weighted by Gasteiger charge is 2.31. The first-order chi connectivity index (χ1) is 11.3. The lowest BCUT2D eigenvalue weighted by Gasteiger charge is -2.32. The molecule has 0 unspecified atom stereocenters. The van der Waals surface area contributed by atoms with Crippen LogP contribution in [0.25, 0.3) is 0 Å². The van der Waals surface area contributed by atoms with Crippen LogP contribution in [0, 0.1) is 5.92 Å². The number of ether oxygens (including phenoxy) is 1. The third-order valence-corrected chi connectivity index (χ3v) is 5.41. The first kappa shape index (κ1) is 19.2. The third-order valence-electron chi connectivity index (χ3n) is 3.83. The number of amides is 1. The van der Waals surface area contributed by atoms with Crippen LogP contribution >= 0.6 is 11.6 Å². The van der Waals surface area contributed by atoms with Crippen LogP contribution in [0.5, 0.6) is 0 Å². The Morgan fingerprint density at radius 3 is 2.38 bits per heavy atom. The zero-order valence-electron chi connectivity index (χ0n) is 13.9. The summed E-state index contributed by atoms with van der Waals surface area (Å²) in [5.74, 6) is -0.544. The topological polar surface area (TPSA) is 75.7 Å². The van der Waals surface area contributed by atoms with E-state index in [1.54, 1.807) is 29.2 Å². The van der Waals surface area contributed by atoms with E-state index in [4.69, 9.17) is 16.3 Å². The lowest BCUT2D eigenvalue weighted by molar-refractivity contribution is -0.138. The van der Waals surface area contributed by atoms with Crippen molar-refractivity contribution in [1.82, 2.24) is 9.62 Å². The minimum atomic E-state index is -3.65. The molecule has 1 aromatic carbocycles. The number of carbonyl (C=O) groups is 1. The Morgan fingerprint density at radius 2 is 1.83 bits per heavy atom. The predicted molar refractivity (Wildman–Crippen MR) is 93.2 cm³/mol. The van der Waals surface area contributed by atoms with Crippen molar-refractivity contribution in [2.24, 2.45) is 5.92 Å². The molecule has 0 aliphatic carbocycles. The number of halogens is 1. The Morgan fingerprint density at radius 1 is 1.25 bits per heavy atom. The number of nitrogens with one attached hydrogen (secondary N) is 1. The second kappa shape index (κ2) is 8.29. The number of rotatable bonds is 6. The Hall–Kier alpha value is -1.15. The molecule has 1 fully saturated rings. The highest BCUT2D eigenvalue weighted by Crippen LogP contribution is 2.14. The molecule has 1 aliphatic heterocycles. The van der Waals surface area contributed by atoms with Gasteiger partial charge in [0.05, 0.1) is 19.0 Å². The number of hydrogen-bond donors (Lipinski definition) is 1. The molecule has 0 aromatic heterocycles. The maximum absolute atomic E-state index is 12.6. The molecule has 1 heterocycles. The summed E-state index contributed by atoms with van der Waals surface area (Å²) in [5, 5.41) is 0.548. The lowest BCUT2D eigenvalue weighted by Crippen LogP contribution is -2.53. The second-order valence-electron chi connectivity index (χ2n) is 6.16. The molecule has 1 N–H and O–H groups in total. The van der Waals surface area contributed by atoms with E-state index in [-0.39, 0.29) is 17.6 Å². The van der Waals surface area contributed by atoms with Crippen LogP contribution in [-0.4, -0.2) is 51.6 Å². The Bertz CT molecular complexity index is 655. The van der Waals surface area contributed by atoms with Crippen molar-refractivity contribution in [2.75, 3.05) is 26.3 Å². The van der Waals surface area contributed by atoms with E-state index in [0.717, 1.165) is 0 Å². The smallest absolute Gasteiger partial charge is 0.241 e. The van der Waals surface area contributed by atoms with Crippen LogP contribution in [0.2, 0.25) is 5.02 Å². The maximum Gasteiger partial charge on any atom is 0.241 e. The summed E-state index contributed by atoms with van der Waals surface area (Å²) in [5.41, 5.74) is 0.619. The fourth-order valence-corrected chi connectivity index (χ4v) is 4.09. The predicted octanol–water partition coefficient (Wildman–Crippen LogP) is 1.64. The van der Waals surface area contributed by atoms with E-state index in [1.807, 2.05) is 13.8 Å². The minimum absolute atomic E-state index is 0.152. The Balaban J connectivity index is 2.07. The number of carbonyl (C=O) groups excluding carboxylic acids is 1. The number of sulfonamides is 1. The van der Waals surface area contributed by atoms with Crippen molar-refractivity contribution in [3.8, 4) is 0 Å². The first-order valence-electron chi connectivity index (χ1n) is 7.89. The molecule has 24 heavy (non-hydrogen) atoms. The van der Waals surface area contributed by atoms with Gasteiger partial charge in [-0.3, -0.25) is 4.79 Å². The summed E-state index contributed by atoms with van der Waals surface area (Å²) in [7, 11) is -3.65. The molecule has 134 valence electrons. The minimum Gasteiger partial charge on any atom is -0.378 e. The van der Waals surface area contributed by atoms with Crippen molar-refractivity contribution in [3.05, 3.63) is 34.9 Å². The number of morpholine rings is 1. The zero-order chi connectivity index (χ0) is 17.7. The molecule has 2 rings (SSSR count). The van der Waals surface area contributed by atoms with Crippen molar-refractivity contribution in [3.63, 3.8) is 0 Å². The van der Waals surface area contributed by atoms with Gasteiger partial charge in [-0.05, 0) is 23.6 Å². The van der Waals surface area contributed by atoms with E-state index in [2.05, 4.69) is 4.72 Å². The highest BCUT2D eigenvalue weighted by atomic mass is 35.5. The average Bonchev–Trinajstić information content (AvgIpc) is 2.54. The molecule has 6 nitrogen and oxygen atoms in total. The van der Waals surface area contributed by atoms with Gasteiger partial charge in [0.2, 0.25) is 15.9 Å². The van der Waals surface area contributed by atoms with Gasteiger partial charge in [-0.2, -0.15) is 0 Å². The van der Waals surface area contributed by atoms with Gasteiger partial charge in [0.15, 0.2) is 0 Å². The molecule has 8 heteroatoms. The van der Waals surface area contributed by atoms with Crippen LogP contribution < -0.4 is 4.72 Å². The van der Waals surface area contributed by atoms with Crippen LogP contribution in [0.15, 0.2) is 24.3 Å². The number of nitrogens with zero attached hydrogens (tertiary/aromatic N) is 1. The number of hydrogen-bond acceptors (Lipinski definition) is 4. The second-order valence-corrected chi connectivity index (χ2v) is 8.35. The largest absolute Gasteiger partial charge is 0.378 e. The molecule has 1 aromatic rings. The van der Waals surface area contributed by atoms with E-state index >= 15 is 0 Å². The molecule has 1 aliphatic rings. The molecule has 1 amide bonds. The van der Waals surface area contributed by atoms with Gasteiger partial charge in [-0.1, -0.05) is 37.6 Å². The Kier molecular flexibility index (Phi) is 6.62. The fourth-order valence-electron chi connectivity index (χ4n) is 2.49. The van der Waals surface area contributed by atoms with Gasteiger partial charge in [0.1, 0.15) is 6.04 Å². The molecule has 1 atom stereocenters. The van der Waals surface area contributed by atoms with Crippen molar-refractivity contribution >= 4 is 27.5 Å². The molecule has 0 saturated carbocycles. The van der Waals surface area contributed by atoms with Crippen LogP contribution in [-0.2, 0) is 25.3 Å². The normalized spacial score (nSPS) is 17.1. The number of benzene rings is 1. The molecule has 0 radical (unpaired) electrons. The maximum atomic E-state index is 12.6. The highest BCUT2D eigenvalue weighted by molar-refractivity contribution is 7.88. The van der Waals surface area contributed by atoms with Crippen molar-refractivity contribution in [1.29, 1.82) is 0 Å². The van der Waals surface area contributed by atoms with E-state index in [1.165, 1.54) is 0 Å². The SMILES string of the molecule is CC(C)[C@H](NS(=O)(=O)Cc1ccc(Cl)cc1)C(=O)N1CCOCC1. The van der Waals surface area contributed by atoms with Gasteiger partial charge in [-0.15, -0.1) is 0 Å². The van der Waals surface area contributed by atoms with E-state index in [0.29, 0.717) is 36.9 Å². The van der Waals surface area contributed by atoms with Gasteiger partial charge < -0.3 is 9.64 Å². The van der Waals surface area contributed by atoms with Gasteiger partial charge >= 0.3 is 0 Å². The summed E-state index contributed by atoms with van der Waals surface area (Å²) in [4.78, 5) is 14.3. The third kappa shape index (κ3) is 5.44. The quantitative estimate of drug-likeness (QED) is 0.821. The van der Waals surface area contributed by atoms with Crippen molar-refractivity contribution < 1.29 is 17.9 Å². The van der Waals surface area contributed by atoms with Gasteiger partial charge in [0, 0.05) is 18.1 Å². The molecule has 1 saturated heterocycles. The van der Waals surface area contributed by atoms with Crippen LogP contribution in [0.1, 0.15) is 19.4 Å². The molecular formula is C16H23ClN2O4S. The first-order valence-corrected chi connectivity index (χ1v) is 9.92. The van der Waals surface area contributed by atoms with Gasteiger partial charge in [0.25, 0.3) is 0 Å². The molecule has 0 spiro atoms. The fraction of sp³-hybridized carbons (Fsp3) is 0.562. The standard InChI is InChI=1S/C16H23ClN2O4S/c1-12(2)15(16(20)19-7-9-23-10-8-19)18-24(21,22)11-13-3-5-14(17)6-4-13/h3-6,12,15,18H,7-11H2,1-2H3/t15-/m0/s1.